The minimum atomic E-state index is -0.150. The van der Waals surface area contributed by atoms with Crippen molar-refractivity contribution in [1.29, 1.82) is 0 Å². The summed E-state index contributed by atoms with van der Waals surface area (Å²) in [4.78, 5) is 14.5. The molecule has 118 valence electrons. The Balaban J connectivity index is 2.58. The Kier molecular flexibility index (Phi) is 6.49. The Morgan fingerprint density at radius 2 is 1.90 bits per heavy atom. The van der Waals surface area contributed by atoms with E-state index in [1.165, 1.54) is 0 Å². The molecule has 0 radical (unpaired) electrons. The van der Waals surface area contributed by atoms with Crippen molar-refractivity contribution in [3.63, 3.8) is 0 Å². The quantitative estimate of drug-likeness (QED) is 0.756. The number of nitrogens with one attached hydrogen (secondary N) is 1. The number of hydrogen-bond acceptors (Lipinski definition) is 4. The third-order valence-electron chi connectivity index (χ3n) is 3.49. The Bertz CT molecular complexity index is 465. The van der Waals surface area contributed by atoms with Crippen LogP contribution in [0.2, 0.25) is 0 Å². The van der Waals surface area contributed by atoms with Gasteiger partial charge < -0.3 is 15.8 Å². The van der Waals surface area contributed by atoms with Gasteiger partial charge in [-0.05, 0) is 39.8 Å². The van der Waals surface area contributed by atoms with Gasteiger partial charge in [0.05, 0.1) is 12.7 Å². The van der Waals surface area contributed by atoms with Gasteiger partial charge in [0, 0.05) is 36.9 Å². The van der Waals surface area contributed by atoms with Crippen molar-refractivity contribution < 1.29 is 9.53 Å². The maximum atomic E-state index is 12.1. The maximum absolute atomic E-state index is 12.1. The van der Waals surface area contributed by atoms with Gasteiger partial charge in [-0.2, -0.15) is 0 Å². The lowest BCUT2D eigenvalue weighted by atomic mass is 10.1. The van der Waals surface area contributed by atoms with Crippen LogP contribution < -0.4 is 15.8 Å². The van der Waals surface area contributed by atoms with Crippen LogP contribution in [-0.4, -0.2) is 43.1 Å². The van der Waals surface area contributed by atoms with Gasteiger partial charge in [0.25, 0.3) is 5.91 Å². The van der Waals surface area contributed by atoms with Crippen molar-refractivity contribution in [3.05, 3.63) is 23.8 Å². The van der Waals surface area contributed by atoms with Crippen LogP contribution in [0.15, 0.2) is 18.2 Å². The van der Waals surface area contributed by atoms with Crippen LogP contribution in [0.4, 0.5) is 5.69 Å². The number of nitrogens with zero attached hydrogens (tertiary/aromatic N) is 1. The van der Waals surface area contributed by atoms with Gasteiger partial charge in [-0.15, -0.1) is 0 Å². The van der Waals surface area contributed by atoms with Crippen LogP contribution in [0, 0.1) is 0 Å². The fourth-order valence-electron chi connectivity index (χ4n) is 2.38. The lowest BCUT2D eigenvalue weighted by Crippen LogP contribution is -2.42. The number of anilines is 1. The predicted molar refractivity (Wildman–Crippen MR) is 86.7 cm³/mol. The summed E-state index contributed by atoms with van der Waals surface area (Å²) in [5.74, 6) is 0.498. The number of nitrogens with two attached hydrogens (primary N) is 1. The molecular weight excluding hydrogens is 266 g/mol. The van der Waals surface area contributed by atoms with Gasteiger partial charge in [0.2, 0.25) is 0 Å². The number of ether oxygens (including phenoxy) is 1. The minimum absolute atomic E-state index is 0.150. The van der Waals surface area contributed by atoms with Crippen molar-refractivity contribution in [2.45, 2.75) is 39.8 Å². The SMILES string of the molecule is COc1ccc(C(=O)NCCN(C(C)C)C(C)C)c(N)c1. The van der Waals surface area contributed by atoms with E-state index in [4.69, 9.17) is 10.5 Å². The van der Waals surface area contributed by atoms with Gasteiger partial charge in [-0.25, -0.2) is 0 Å². The fraction of sp³-hybridized carbons (Fsp3) is 0.562. The maximum Gasteiger partial charge on any atom is 0.253 e. The van der Waals surface area contributed by atoms with E-state index in [1.54, 1.807) is 25.3 Å². The number of amides is 1. The Morgan fingerprint density at radius 3 is 2.38 bits per heavy atom. The third-order valence-corrected chi connectivity index (χ3v) is 3.49. The molecule has 0 unspecified atom stereocenters. The molecule has 1 aromatic carbocycles. The van der Waals surface area contributed by atoms with Crippen LogP contribution in [0.5, 0.6) is 5.75 Å². The van der Waals surface area contributed by atoms with Crippen LogP contribution in [0.25, 0.3) is 0 Å². The molecule has 0 saturated heterocycles. The molecule has 21 heavy (non-hydrogen) atoms. The van der Waals surface area contributed by atoms with Crippen molar-refractivity contribution in [2.75, 3.05) is 25.9 Å². The molecule has 1 aromatic rings. The van der Waals surface area contributed by atoms with E-state index in [0.717, 1.165) is 6.54 Å². The van der Waals surface area contributed by atoms with Crippen molar-refractivity contribution >= 4 is 11.6 Å². The zero-order chi connectivity index (χ0) is 16.0. The van der Waals surface area contributed by atoms with E-state index >= 15 is 0 Å². The Labute approximate surface area is 127 Å². The predicted octanol–water partition coefficient (Wildman–Crippen LogP) is 2.13. The molecule has 5 nitrogen and oxygen atoms in total. The summed E-state index contributed by atoms with van der Waals surface area (Å²) in [6.45, 7) is 10.0. The molecule has 0 bridgehead atoms. The molecule has 0 aromatic heterocycles. The van der Waals surface area contributed by atoms with Crippen molar-refractivity contribution in [1.82, 2.24) is 10.2 Å². The summed E-state index contributed by atoms with van der Waals surface area (Å²) in [7, 11) is 1.57. The van der Waals surface area contributed by atoms with E-state index in [0.29, 0.717) is 35.6 Å². The van der Waals surface area contributed by atoms with Crippen LogP contribution in [0.1, 0.15) is 38.1 Å². The van der Waals surface area contributed by atoms with E-state index in [1.807, 2.05) is 0 Å². The molecule has 0 heterocycles. The molecule has 0 saturated carbocycles. The van der Waals surface area contributed by atoms with Gasteiger partial charge >= 0.3 is 0 Å². The molecule has 3 N–H and O–H groups in total. The minimum Gasteiger partial charge on any atom is -0.497 e. The number of nitrogen functional groups attached to an aromatic ring is 1. The second-order valence-electron chi connectivity index (χ2n) is 5.63. The highest BCUT2D eigenvalue weighted by molar-refractivity contribution is 5.99. The molecule has 0 spiro atoms. The van der Waals surface area contributed by atoms with Crippen LogP contribution >= 0.6 is 0 Å². The highest BCUT2D eigenvalue weighted by atomic mass is 16.5. The highest BCUT2D eigenvalue weighted by Gasteiger charge is 2.14. The third kappa shape index (κ3) is 4.93. The number of rotatable bonds is 7. The van der Waals surface area contributed by atoms with Crippen LogP contribution in [0.3, 0.4) is 0 Å². The monoisotopic (exact) mass is 293 g/mol. The summed E-state index contributed by atoms with van der Waals surface area (Å²) >= 11 is 0. The average molecular weight is 293 g/mol. The average Bonchev–Trinajstić information content (AvgIpc) is 2.42. The zero-order valence-corrected chi connectivity index (χ0v) is 13.6. The van der Waals surface area contributed by atoms with Gasteiger partial charge in [-0.1, -0.05) is 0 Å². The molecule has 0 fully saturated rings. The van der Waals surface area contributed by atoms with Gasteiger partial charge in [-0.3, -0.25) is 9.69 Å². The first-order chi connectivity index (χ1) is 9.86. The number of carbonyl (C=O) groups is 1. The first-order valence-electron chi connectivity index (χ1n) is 7.34. The zero-order valence-electron chi connectivity index (χ0n) is 13.6. The number of methoxy groups -OCH3 is 1. The van der Waals surface area contributed by atoms with E-state index < -0.39 is 0 Å². The van der Waals surface area contributed by atoms with Gasteiger partial charge in [0.1, 0.15) is 5.75 Å². The molecule has 0 atom stereocenters. The van der Waals surface area contributed by atoms with Crippen LogP contribution in [-0.2, 0) is 0 Å². The lowest BCUT2D eigenvalue weighted by Gasteiger charge is -2.30. The molecule has 0 aliphatic carbocycles. The first-order valence-corrected chi connectivity index (χ1v) is 7.34. The Morgan fingerprint density at radius 1 is 1.29 bits per heavy atom. The Hall–Kier alpha value is -1.75. The largest absolute Gasteiger partial charge is 0.497 e. The number of benzene rings is 1. The number of hydrogen-bond donors (Lipinski definition) is 2. The molecular formula is C16H27N3O2. The first kappa shape index (κ1) is 17.3. The second kappa shape index (κ2) is 7.88. The summed E-state index contributed by atoms with van der Waals surface area (Å²) in [6.07, 6.45) is 0. The topological polar surface area (TPSA) is 67.6 Å². The second-order valence-corrected chi connectivity index (χ2v) is 5.63. The molecule has 0 aliphatic rings. The fourth-order valence-corrected chi connectivity index (χ4v) is 2.38. The molecule has 0 aliphatic heterocycles. The normalized spacial score (nSPS) is 11.2. The highest BCUT2D eigenvalue weighted by Crippen LogP contribution is 2.19. The summed E-state index contributed by atoms with van der Waals surface area (Å²) in [6, 6.07) is 5.98. The van der Waals surface area contributed by atoms with E-state index in [9.17, 15) is 4.79 Å². The molecule has 1 amide bonds. The summed E-state index contributed by atoms with van der Waals surface area (Å²) < 4.78 is 5.08. The van der Waals surface area contributed by atoms with Crippen molar-refractivity contribution in [3.8, 4) is 5.75 Å². The lowest BCUT2D eigenvalue weighted by molar-refractivity contribution is 0.0940. The smallest absolute Gasteiger partial charge is 0.253 e. The van der Waals surface area contributed by atoms with E-state index in [-0.39, 0.29) is 5.91 Å². The summed E-state index contributed by atoms with van der Waals surface area (Å²) in [5.41, 5.74) is 6.78. The number of carbonyl (C=O) groups excluding carboxylic acids is 1. The van der Waals surface area contributed by atoms with Gasteiger partial charge in [0.15, 0.2) is 0 Å². The standard InChI is InChI=1S/C16H27N3O2/c1-11(2)19(12(3)4)9-8-18-16(20)14-7-6-13(21-5)10-15(14)17/h6-7,10-12H,8-9,17H2,1-5H3,(H,18,20). The van der Waals surface area contributed by atoms with E-state index in [2.05, 4.69) is 37.9 Å². The van der Waals surface area contributed by atoms with Crippen molar-refractivity contribution in [2.24, 2.45) is 0 Å². The molecule has 1 rings (SSSR count). The summed E-state index contributed by atoms with van der Waals surface area (Å²) in [5, 5.41) is 2.92. The molecule has 5 heteroatoms.